The highest BCUT2D eigenvalue weighted by atomic mass is 16.6. The van der Waals surface area contributed by atoms with Crippen molar-refractivity contribution >= 4 is 23.9 Å². The summed E-state index contributed by atoms with van der Waals surface area (Å²) in [6.07, 6.45) is -0.357. The number of carbonyl (C=O) groups is 4. The first-order valence-corrected chi connectivity index (χ1v) is 11.3. The van der Waals surface area contributed by atoms with Crippen LogP contribution in [0.15, 0.2) is 18.2 Å². The number of benzene rings is 1. The standard InChI is InChI=1S/C25H39N3O6/c1-15(2)13-18(27-24(32)34-25(5,6)7)23(31)28(8)21(22(30)26-14-19(29)33-9)20-16(3)11-10-12-17(20)4/h10-12,15,18,21H,13-14H2,1-9H3,(H,26,30)(H,27,32). The summed E-state index contributed by atoms with van der Waals surface area (Å²) in [5.74, 6) is -1.49. The molecule has 0 spiro atoms. The zero-order chi connectivity index (χ0) is 26.2. The number of aryl methyl sites for hydroxylation is 2. The van der Waals surface area contributed by atoms with Crippen LogP contribution >= 0.6 is 0 Å². The van der Waals surface area contributed by atoms with E-state index in [4.69, 9.17) is 4.74 Å². The average molecular weight is 478 g/mol. The third kappa shape index (κ3) is 8.68. The Balaban J connectivity index is 3.34. The van der Waals surface area contributed by atoms with Crippen LogP contribution in [0.3, 0.4) is 0 Å². The fourth-order valence-corrected chi connectivity index (χ4v) is 3.60. The molecule has 0 aliphatic rings. The van der Waals surface area contributed by atoms with Gasteiger partial charge in [0.05, 0.1) is 7.11 Å². The number of nitrogens with zero attached hydrogens (tertiary/aromatic N) is 1. The van der Waals surface area contributed by atoms with E-state index < -0.39 is 41.6 Å². The fraction of sp³-hybridized carbons (Fsp3) is 0.600. The number of hydrogen-bond donors (Lipinski definition) is 2. The number of esters is 1. The Morgan fingerprint density at radius 2 is 1.62 bits per heavy atom. The Morgan fingerprint density at radius 3 is 2.09 bits per heavy atom. The van der Waals surface area contributed by atoms with E-state index in [9.17, 15) is 19.2 Å². The van der Waals surface area contributed by atoms with Crippen molar-refractivity contribution < 1.29 is 28.7 Å². The van der Waals surface area contributed by atoms with Crippen molar-refractivity contribution in [1.29, 1.82) is 0 Å². The van der Waals surface area contributed by atoms with Gasteiger partial charge < -0.3 is 25.0 Å². The number of nitrogens with one attached hydrogen (secondary N) is 2. The third-order valence-electron chi connectivity index (χ3n) is 5.13. The van der Waals surface area contributed by atoms with Gasteiger partial charge >= 0.3 is 12.1 Å². The number of likely N-dealkylation sites (N-methyl/N-ethyl adjacent to an activating group) is 1. The summed E-state index contributed by atoms with van der Waals surface area (Å²) in [6, 6.07) is 3.65. The minimum Gasteiger partial charge on any atom is -0.468 e. The molecular formula is C25H39N3O6. The molecule has 0 heterocycles. The first-order chi connectivity index (χ1) is 15.7. The number of amides is 3. The number of hydrogen-bond acceptors (Lipinski definition) is 6. The summed E-state index contributed by atoms with van der Waals surface area (Å²) in [7, 11) is 2.74. The molecule has 0 radical (unpaired) electrons. The van der Waals surface area contributed by atoms with Crippen LogP contribution in [0.1, 0.15) is 63.8 Å². The summed E-state index contributed by atoms with van der Waals surface area (Å²) < 4.78 is 9.95. The van der Waals surface area contributed by atoms with Crippen molar-refractivity contribution in [2.45, 2.75) is 72.6 Å². The Bertz CT molecular complexity index is 871. The predicted octanol–water partition coefficient (Wildman–Crippen LogP) is 3.03. The van der Waals surface area contributed by atoms with Gasteiger partial charge in [0.25, 0.3) is 0 Å². The molecule has 0 bridgehead atoms. The molecule has 0 saturated heterocycles. The van der Waals surface area contributed by atoms with Gasteiger partial charge in [-0.2, -0.15) is 0 Å². The number of ether oxygens (including phenoxy) is 2. The van der Waals surface area contributed by atoms with E-state index in [2.05, 4.69) is 15.4 Å². The highest BCUT2D eigenvalue weighted by Gasteiger charge is 2.35. The van der Waals surface area contributed by atoms with Crippen molar-refractivity contribution in [2.75, 3.05) is 20.7 Å². The second kappa shape index (κ2) is 12.4. The Kier molecular flexibility index (Phi) is 10.5. The highest BCUT2D eigenvalue weighted by molar-refractivity contribution is 5.93. The van der Waals surface area contributed by atoms with Gasteiger partial charge in [-0.15, -0.1) is 0 Å². The topological polar surface area (TPSA) is 114 Å². The Hall–Kier alpha value is -3.10. The molecule has 2 atom stereocenters. The van der Waals surface area contributed by atoms with Crippen LogP contribution in [0.2, 0.25) is 0 Å². The Morgan fingerprint density at radius 1 is 1.06 bits per heavy atom. The second-order valence-electron chi connectivity index (χ2n) is 9.78. The van der Waals surface area contributed by atoms with Crippen LogP contribution in [0.5, 0.6) is 0 Å². The lowest BCUT2D eigenvalue weighted by Crippen LogP contribution is -2.52. The molecule has 3 amide bonds. The number of alkyl carbamates (subject to hydrolysis) is 1. The maximum absolute atomic E-state index is 13.6. The minimum atomic E-state index is -1.02. The maximum atomic E-state index is 13.6. The van der Waals surface area contributed by atoms with Crippen LogP contribution in [0.25, 0.3) is 0 Å². The first-order valence-electron chi connectivity index (χ1n) is 11.3. The molecule has 1 aromatic rings. The summed E-state index contributed by atoms with van der Waals surface area (Å²) in [5, 5.41) is 5.22. The summed E-state index contributed by atoms with van der Waals surface area (Å²) in [5.41, 5.74) is 1.56. The van der Waals surface area contributed by atoms with Gasteiger partial charge in [-0.1, -0.05) is 32.0 Å². The quantitative estimate of drug-likeness (QED) is 0.529. The van der Waals surface area contributed by atoms with Crippen LogP contribution in [-0.4, -0.2) is 61.1 Å². The van der Waals surface area contributed by atoms with Gasteiger partial charge in [0.2, 0.25) is 11.8 Å². The van der Waals surface area contributed by atoms with Crippen LogP contribution in [0.4, 0.5) is 4.79 Å². The first kappa shape index (κ1) is 28.9. The number of rotatable bonds is 9. The molecule has 0 aliphatic heterocycles. The normalized spacial score (nSPS) is 13.0. The van der Waals surface area contributed by atoms with Gasteiger partial charge in [0.15, 0.2) is 0 Å². The monoisotopic (exact) mass is 477 g/mol. The smallest absolute Gasteiger partial charge is 0.408 e. The van der Waals surface area contributed by atoms with Gasteiger partial charge in [-0.25, -0.2) is 4.79 Å². The van der Waals surface area contributed by atoms with Crippen molar-refractivity contribution in [1.82, 2.24) is 15.5 Å². The molecule has 0 fully saturated rings. The summed E-state index contributed by atoms with van der Waals surface area (Å²) in [6.45, 7) is 12.5. The molecule has 0 saturated carbocycles. The molecule has 1 rings (SSSR count). The molecule has 34 heavy (non-hydrogen) atoms. The molecule has 1 aromatic carbocycles. The summed E-state index contributed by atoms with van der Waals surface area (Å²) in [4.78, 5) is 52.2. The number of methoxy groups -OCH3 is 1. The maximum Gasteiger partial charge on any atom is 0.408 e. The van der Waals surface area contributed by atoms with E-state index in [1.807, 2.05) is 45.9 Å². The average Bonchev–Trinajstić information content (AvgIpc) is 2.71. The Labute approximate surface area is 202 Å². The lowest BCUT2D eigenvalue weighted by Gasteiger charge is -2.33. The van der Waals surface area contributed by atoms with E-state index in [1.165, 1.54) is 19.1 Å². The molecule has 9 heteroatoms. The molecule has 9 nitrogen and oxygen atoms in total. The van der Waals surface area contributed by atoms with Gasteiger partial charge in [-0.05, 0) is 63.6 Å². The van der Waals surface area contributed by atoms with Crippen LogP contribution in [0, 0.1) is 19.8 Å². The molecule has 0 aliphatic carbocycles. The summed E-state index contributed by atoms with van der Waals surface area (Å²) >= 11 is 0. The van der Waals surface area contributed by atoms with Gasteiger partial charge in [-0.3, -0.25) is 14.4 Å². The van der Waals surface area contributed by atoms with Crippen molar-refractivity contribution in [3.8, 4) is 0 Å². The molecule has 2 N–H and O–H groups in total. The molecule has 190 valence electrons. The van der Waals surface area contributed by atoms with Crippen LogP contribution in [-0.2, 0) is 23.9 Å². The molecule has 2 unspecified atom stereocenters. The van der Waals surface area contributed by atoms with E-state index in [0.717, 1.165) is 11.1 Å². The van der Waals surface area contributed by atoms with E-state index in [1.54, 1.807) is 20.8 Å². The molecular weight excluding hydrogens is 438 g/mol. The fourth-order valence-electron chi connectivity index (χ4n) is 3.60. The highest BCUT2D eigenvalue weighted by Crippen LogP contribution is 2.28. The second-order valence-corrected chi connectivity index (χ2v) is 9.78. The lowest BCUT2D eigenvalue weighted by atomic mass is 9.93. The lowest BCUT2D eigenvalue weighted by molar-refractivity contribution is -0.144. The number of carbonyl (C=O) groups excluding carboxylic acids is 4. The van der Waals surface area contributed by atoms with Crippen molar-refractivity contribution in [3.05, 3.63) is 34.9 Å². The van der Waals surface area contributed by atoms with Gasteiger partial charge in [0.1, 0.15) is 24.2 Å². The van der Waals surface area contributed by atoms with E-state index in [0.29, 0.717) is 12.0 Å². The zero-order valence-electron chi connectivity index (χ0n) is 21.8. The third-order valence-corrected chi connectivity index (χ3v) is 5.13. The van der Waals surface area contributed by atoms with Crippen LogP contribution < -0.4 is 10.6 Å². The molecule has 0 aromatic heterocycles. The SMILES string of the molecule is COC(=O)CNC(=O)C(c1c(C)cccc1C)N(C)C(=O)C(CC(C)C)NC(=O)OC(C)(C)C. The predicted molar refractivity (Wildman–Crippen MR) is 129 cm³/mol. The van der Waals surface area contributed by atoms with Gasteiger partial charge in [0, 0.05) is 7.05 Å². The largest absolute Gasteiger partial charge is 0.468 e. The van der Waals surface area contributed by atoms with E-state index in [-0.39, 0.29) is 12.5 Å². The van der Waals surface area contributed by atoms with E-state index >= 15 is 0 Å². The zero-order valence-corrected chi connectivity index (χ0v) is 21.8. The van der Waals surface area contributed by atoms with Crippen molar-refractivity contribution in [3.63, 3.8) is 0 Å². The minimum absolute atomic E-state index is 0.0871. The van der Waals surface area contributed by atoms with Crippen molar-refractivity contribution in [2.24, 2.45) is 5.92 Å².